The highest BCUT2D eigenvalue weighted by Crippen LogP contribution is 2.21. The van der Waals surface area contributed by atoms with Gasteiger partial charge in [0.1, 0.15) is 17.8 Å². The van der Waals surface area contributed by atoms with Crippen LogP contribution in [0, 0.1) is 0 Å². The van der Waals surface area contributed by atoms with Crippen molar-refractivity contribution < 1.29 is 34.5 Å². The molecule has 2 aliphatic rings. The van der Waals surface area contributed by atoms with Crippen LogP contribution in [0.3, 0.4) is 0 Å². The number of aliphatic hydroxyl groups excluding tert-OH is 1. The predicted molar refractivity (Wildman–Crippen MR) is 121 cm³/mol. The summed E-state index contributed by atoms with van der Waals surface area (Å²) in [5, 5.41) is 36.7. The molecule has 0 aromatic heterocycles. The molecule has 2 aliphatic heterocycles. The number of phenols is 1. The fourth-order valence-electron chi connectivity index (χ4n) is 4.39. The number of aliphatic carboxylic acids is 1. The van der Waals surface area contributed by atoms with E-state index in [0.717, 1.165) is 13.0 Å². The van der Waals surface area contributed by atoms with Crippen LogP contribution in [-0.2, 0) is 25.6 Å². The van der Waals surface area contributed by atoms with Gasteiger partial charge in [0.2, 0.25) is 17.7 Å². The van der Waals surface area contributed by atoms with Crippen LogP contribution in [-0.4, -0.2) is 87.3 Å². The molecule has 6 N–H and O–H groups in total. The molecule has 34 heavy (non-hydrogen) atoms. The molecule has 0 aliphatic carbocycles. The Kier molecular flexibility index (Phi) is 8.46. The molecule has 5 unspecified atom stereocenters. The van der Waals surface area contributed by atoms with Crippen LogP contribution in [0.2, 0.25) is 0 Å². The van der Waals surface area contributed by atoms with Crippen molar-refractivity contribution in [3.8, 4) is 5.75 Å². The molecule has 2 saturated heterocycles. The largest absolute Gasteiger partial charge is 0.508 e. The lowest BCUT2D eigenvalue weighted by Crippen LogP contribution is -2.58. The Balaban J connectivity index is 1.75. The van der Waals surface area contributed by atoms with Gasteiger partial charge >= 0.3 is 5.97 Å². The molecule has 2 heterocycles. The molecule has 0 spiro atoms. The number of nitrogens with zero attached hydrogens (tertiary/aromatic N) is 1. The van der Waals surface area contributed by atoms with Crippen LogP contribution in [0.4, 0.5) is 0 Å². The lowest BCUT2D eigenvalue weighted by Gasteiger charge is -2.29. The lowest BCUT2D eigenvalue weighted by molar-refractivity contribution is -0.145. The van der Waals surface area contributed by atoms with Gasteiger partial charge in [0, 0.05) is 13.0 Å². The highest BCUT2D eigenvalue weighted by atomic mass is 16.4. The van der Waals surface area contributed by atoms with Gasteiger partial charge in [-0.3, -0.25) is 14.4 Å². The molecule has 2 fully saturated rings. The quantitative estimate of drug-likeness (QED) is 0.267. The number of nitrogens with one attached hydrogen (secondary N) is 3. The maximum absolute atomic E-state index is 13.2. The van der Waals surface area contributed by atoms with E-state index in [4.69, 9.17) is 0 Å². The molecule has 0 radical (unpaired) electrons. The van der Waals surface area contributed by atoms with E-state index in [9.17, 15) is 34.5 Å². The van der Waals surface area contributed by atoms with Crippen molar-refractivity contribution in [3.05, 3.63) is 29.8 Å². The topological polar surface area (TPSA) is 168 Å². The molecule has 11 heteroatoms. The van der Waals surface area contributed by atoms with Gasteiger partial charge in [-0.25, -0.2) is 4.79 Å². The first-order valence-corrected chi connectivity index (χ1v) is 11.5. The maximum atomic E-state index is 13.2. The van der Waals surface area contributed by atoms with E-state index < -0.39 is 42.0 Å². The summed E-state index contributed by atoms with van der Waals surface area (Å²) in [6, 6.07) is 2.31. The number of aromatic hydroxyl groups is 1. The van der Waals surface area contributed by atoms with Crippen LogP contribution in [0.5, 0.6) is 5.75 Å². The van der Waals surface area contributed by atoms with Crippen LogP contribution in [0.25, 0.3) is 0 Å². The number of hydrogen-bond donors (Lipinski definition) is 6. The van der Waals surface area contributed by atoms with Crippen molar-refractivity contribution in [2.75, 3.05) is 13.1 Å². The van der Waals surface area contributed by atoms with Gasteiger partial charge in [0.15, 0.2) is 6.04 Å². The first-order valence-electron chi connectivity index (χ1n) is 11.5. The molecule has 0 bridgehead atoms. The molecule has 0 saturated carbocycles. The van der Waals surface area contributed by atoms with Crippen molar-refractivity contribution in [3.63, 3.8) is 0 Å². The molecular weight excluding hydrogens is 444 g/mol. The molecule has 1 aromatic carbocycles. The first kappa shape index (κ1) is 25.4. The van der Waals surface area contributed by atoms with Gasteiger partial charge in [0.05, 0.1) is 12.1 Å². The van der Waals surface area contributed by atoms with Gasteiger partial charge in [-0.2, -0.15) is 0 Å². The standard InChI is InChI=1S/C23H32N4O7/c1-13(28)19(23(33)34)26-20(30)17(12-14-6-8-15(29)9-7-14)25-21(31)18-5-3-11-27(18)22(32)16-4-2-10-24-16/h6-9,13,16-19,24,28-29H,2-5,10-12H2,1H3,(H,25,31)(H,26,30)(H,33,34). The third-order valence-corrected chi connectivity index (χ3v) is 6.25. The molecular formula is C23H32N4O7. The Morgan fingerprint density at radius 1 is 1.12 bits per heavy atom. The Morgan fingerprint density at radius 3 is 2.41 bits per heavy atom. The molecule has 3 rings (SSSR count). The number of hydrogen-bond acceptors (Lipinski definition) is 7. The third kappa shape index (κ3) is 6.23. The van der Waals surface area contributed by atoms with Crippen LogP contribution in [0.15, 0.2) is 24.3 Å². The summed E-state index contributed by atoms with van der Waals surface area (Å²) in [5.74, 6) is -2.77. The van der Waals surface area contributed by atoms with E-state index >= 15 is 0 Å². The van der Waals surface area contributed by atoms with Gasteiger partial charge in [-0.1, -0.05) is 12.1 Å². The Morgan fingerprint density at radius 2 is 1.82 bits per heavy atom. The summed E-state index contributed by atoms with van der Waals surface area (Å²) in [7, 11) is 0. The number of carboxylic acids is 1. The number of aliphatic hydroxyl groups is 1. The zero-order valence-corrected chi connectivity index (χ0v) is 19.1. The maximum Gasteiger partial charge on any atom is 0.328 e. The smallest absolute Gasteiger partial charge is 0.328 e. The molecule has 5 atom stereocenters. The summed E-state index contributed by atoms with van der Waals surface area (Å²) in [5.41, 5.74) is 0.622. The molecule has 186 valence electrons. The van der Waals surface area contributed by atoms with Gasteiger partial charge < -0.3 is 36.2 Å². The van der Waals surface area contributed by atoms with Crippen molar-refractivity contribution in [1.82, 2.24) is 20.9 Å². The average molecular weight is 477 g/mol. The van der Waals surface area contributed by atoms with Crippen molar-refractivity contribution >= 4 is 23.7 Å². The SMILES string of the molecule is CC(O)C(NC(=O)C(Cc1ccc(O)cc1)NC(=O)C1CCCN1C(=O)C1CCCN1)C(=O)O. The second kappa shape index (κ2) is 11.3. The second-order valence-electron chi connectivity index (χ2n) is 8.84. The Hall–Kier alpha value is -3.18. The number of likely N-dealkylation sites (tertiary alicyclic amines) is 1. The summed E-state index contributed by atoms with van der Waals surface area (Å²) < 4.78 is 0. The lowest BCUT2D eigenvalue weighted by atomic mass is 10.0. The fraction of sp³-hybridized carbons (Fsp3) is 0.565. The van der Waals surface area contributed by atoms with Gasteiger partial charge in [0.25, 0.3) is 0 Å². The number of carboxylic acid groups (broad SMARTS) is 1. The van der Waals surface area contributed by atoms with Crippen molar-refractivity contribution in [2.45, 2.75) is 69.3 Å². The summed E-state index contributed by atoms with van der Waals surface area (Å²) in [6.45, 7) is 2.45. The zero-order valence-electron chi connectivity index (χ0n) is 19.1. The number of rotatable bonds is 9. The third-order valence-electron chi connectivity index (χ3n) is 6.25. The normalized spacial score (nSPS) is 22.6. The number of phenolic OH excluding ortho intramolecular Hbond substituents is 1. The Labute approximate surface area is 197 Å². The summed E-state index contributed by atoms with van der Waals surface area (Å²) in [6.07, 6.45) is 1.40. The first-order chi connectivity index (χ1) is 16.2. The second-order valence-corrected chi connectivity index (χ2v) is 8.84. The average Bonchev–Trinajstić information content (AvgIpc) is 3.49. The van der Waals surface area contributed by atoms with Gasteiger partial charge in [-0.15, -0.1) is 0 Å². The minimum atomic E-state index is -1.55. The van der Waals surface area contributed by atoms with E-state index in [1.54, 1.807) is 17.0 Å². The van der Waals surface area contributed by atoms with Crippen molar-refractivity contribution in [1.29, 1.82) is 0 Å². The Bertz CT molecular complexity index is 899. The number of benzene rings is 1. The fourth-order valence-corrected chi connectivity index (χ4v) is 4.39. The predicted octanol–water partition coefficient (Wildman–Crippen LogP) is -0.887. The minimum absolute atomic E-state index is 0.0227. The van der Waals surface area contributed by atoms with E-state index in [2.05, 4.69) is 16.0 Å². The van der Waals surface area contributed by atoms with Crippen molar-refractivity contribution in [2.24, 2.45) is 0 Å². The molecule has 3 amide bonds. The van der Waals surface area contributed by atoms with E-state index in [1.807, 2.05) is 0 Å². The summed E-state index contributed by atoms with van der Waals surface area (Å²) >= 11 is 0. The highest BCUT2D eigenvalue weighted by molar-refractivity contribution is 5.94. The van der Waals surface area contributed by atoms with Crippen LogP contribution in [0.1, 0.15) is 38.2 Å². The van der Waals surface area contributed by atoms with E-state index in [0.29, 0.717) is 31.4 Å². The number of amides is 3. The van der Waals surface area contributed by atoms with Crippen LogP contribution >= 0.6 is 0 Å². The molecule has 1 aromatic rings. The number of carbonyl (C=O) groups excluding carboxylic acids is 3. The van der Waals surface area contributed by atoms with E-state index in [-0.39, 0.29) is 24.1 Å². The zero-order chi connectivity index (χ0) is 24.8. The summed E-state index contributed by atoms with van der Waals surface area (Å²) in [4.78, 5) is 52.0. The minimum Gasteiger partial charge on any atom is -0.508 e. The van der Waals surface area contributed by atoms with E-state index in [1.165, 1.54) is 19.1 Å². The monoisotopic (exact) mass is 476 g/mol. The van der Waals surface area contributed by atoms with Crippen LogP contribution < -0.4 is 16.0 Å². The highest BCUT2D eigenvalue weighted by Gasteiger charge is 2.39. The molecule has 11 nitrogen and oxygen atoms in total. The number of carbonyl (C=O) groups is 4. The van der Waals surface area contributed by atoms with Gasteiger partial charge in [-0.05, 0) is 56.8 Å².